The summed E-state index contributed by atoms with van der Waals surface area (Å²) < 4.78 is 10.8. The summed E-state index contributed by atoms with van der Waals surface area (Å²) in [5.74, 6) is 0. The zero-order chi connectivity index (χ0) is 11.1. The van der Waals surface area contributed by atoms with Crippen LogP contribution in [0.25, 0.3) is 0 Å². The van der Waals surface area contributed by atoms with E-state index in [-0.39, 0.29) is 0 Å². The zero-order valence-corrected chi connectivity index (χ0v) is 9.85. The number of epoxide rings is 2. The van der Waals surface area contributed by atoms with E-state index < -0.39 is 0 Å². The van der Waals surface area contributed by atoms with Crippen LogP contribution < -0.4 is 0 Å². The van der Waals surface area contributed by atoms with Gasteiger partial charge in [-0.1, -0.05) is 24.3 Å². The second kappa shape index (κ2) is 3.86. The van der Waals surface area contributed by atoms with E-state index in [4.69, 9.17) is 9.47 Å². The highest BCUT2D eigenvalue weighted by atomic mass is 16.6. The maximum Gasteiger partial charge on any atom is 0.0879 e. The van der Waals surface area contributed by atoms with Crippen molar-refractivity contribution < 1.29 is 9.47 Å². The molecule has 16 heavy (non-hydrogen) atoms. The third kappa shape index (κ3) is 2.28. The minimum Gasteiger partial charge on any atom is -0.370 e. The maximum atomic E-state index is 5.42. The van der Waals surface area contributed by atoms with Gasteiger partial charge < -0.3 is 9.47 Å². The fourth-order valence-corrected chi connectivity index (χ4v) is 2.16. The lowest BCUT2D eigenvalue weighted by atomic mass is 10.0. The van der Waals surface area contributed by atoms with Gasteiger partial charge in [-0.05, 0) is 25.0 Å². The highest BCUT2D eigenvalue weighted by Crippen LogP contribution is 2.27. The van der Waals surface area contributed by atoms with Gasteiger partial charge in [0, 0.05) is 12.8 Å². The van der Waals surface area contributed by atoms with Gasteiger partial charge in [-0.15, -0.1) is 0 Å². The molecule has 0 radical (unpaired) electrons. The van der Waals surface area contributed by atoms with Gasteiger partial charge in [0.15, 0.2) is 0 Å². The maximum absolute atomic E-state index is 5.42. The van der Waals surface area contributed by atoms with Crippen molar-refractivity contribution in [3.05, 3.63) is 35.4 Å². The van der Waals surface area contributed by atoms with Crippen molar-refractivity contribution in [2.45, 2.75) is 51.1 Å². The minimum atomic E-state index is 0.456. The molecule has 0 saturated carbocycles. The quantitative estimate of drug-likeness (QED) is 0.725. The molecule has 3 rings (SSSR count). The normalized spacial score (nSPS) is 36.1. The van der Waals surface area contributed by atoms with Gasteiger partial charge >= 0.3 is 0 Å². The van der Waals surface area contributed by atoms with Gasteiger partial charge in [-0.25, -0.2) is 0 Å². The van der Waals surface area contributed by atoms with E-state index >= 15 is 0 Å². The highest BCUT2D eigenvalue weighted by Gasteiger charge is 2.34. The third-order valence-corrected chi connectivity index (χ3v) is 3.57. The molecule has 0 amide bonds. The molecule has 1 aromatic carbocycles. The van der Waals surface area contributed by atoms with E-state index in [1.807, 2.05) is 0 Å². The predicted octanol–water partition coefficient (Wildman–Crippen LogP) is 2.35. The summed E-state index contributed by atoms with van der Waals surface area (Å²) in [5, 5.41) is 0. The Bertz CT molecular complexity index is 334. The van der Waals surface area contributed by atoms with Crippen molar-refractivity contribution in [1.82, 2.24) is 0 Å². The molecule has 0 bridgehead atoms. The first-order chi connectivity index (χ1) is 7.72. The van der Waals surface area contributed by atoms with Crippen molar-refractivity contribution in [2.75, 3.05) is 0 Å². The molecule has 0 aromatic heterocycles. The van der Waals surface area contributed by atoms with Crippen molar-refractivity contribution in [3.63, 3.8) is 0 Å². The van der Waals surface area contributed by atoms with Crippen molar-refractivity contribution >= 4 is 0 Å². The third-order valence-electron chi connectivity index (χ3n) is 3.57. The molecule has 2 fully saturated rings. The Kier molecular flexibility index (Phi) is 2.49. The van der Waals surface area contributed by atoms with Gasteiger partial charge in [-0.2, -0.15) is 0 Å². The molecule has 2 aliphatic rings. The average Bonchev–Trinajstić information content (AvgIpc) is 3.13. The molecule has 2 nitrogen and oxygen atoms in total. The summed E-state index contributed by atoms with van der Waals surface area (Å²) in [6.45, 7) is 4.26. The molecule has 4 atom stereocenters. The monoisotopic (exact) mass is 218 g/mol. The van der Waals surface area contributed by atoms with Crippen molar-refractivity contribution in [2.24, 2.45) is 0 Å². The van der Waals surface area contributed by atoms with Gasteiger partial charge in [0.25, 0.3) is 0 Å². The van der Waals surface area contributed by atoms with Crippen LogP contribution in [0.1, 0.15) is 25.0 Å². The molecule has 86 valence electrons. The Labute approximate surface area is 96.6 Å². The average molecular weight is 218 g/mol. The van der Waals surface area contributed by atoms with E-state index in [0.717, 1.165) is 12.8 Å². The Balaban J connectivity index is 1.57. The summed E-state index contributed by atoms with van der Waals surface area (Å²) in [4.78, 5) is 0. The molecule has 2 heteroatoms. The van der Waals surface area contributed by atoms with E-state index in [9.17, 15) is 0 Å². The lowest BCUT2D eigenvalue weighted by molar-refractivity contribution is 0.377. The zero-order valence-electron chi connectivity index (χ0n) is 9.85. The summed E-state index contributed by atoms with van der Waals surface area (Å²) in [7, 11) is 0. The van der Waals surface area contributed by atoms with Crippen LogP contribution in [-0.4, -0.2) is 24.4 Å². The summed E-state index contributed by atoms with van der Waals surface area (Å²) in [6, 6.07) is 8.88. The summed E-state index contributed by atoms with van der Waals surface area (Å²) >= 11 is 0. The van der Waals surface area contributed by atoms with Gasteiger partial charge in [0.2, 0.25) is 0 Å². The Morgan fingerprint density at radius 2 is 1.12 bits per heavy atom. The summed E-state index contributed by atoms with van der Waals surface area (Å²) in [6.07, 6.45) is 3.94. The highest BCUT2D eigenvalue weighted by molar-refractivity contribution is 5.25. The molecule has 4 unspecified atom stereocenters. The molecule has 0 N–H and O–H groups in total. The minimum absolute atomic E-state index is 0.456. The first-order valence-corrected chi connectivity index (χ1v) is 6.11. The number of hydrogen-bond acceptors (Lipinski definition) is 2. The van der Waals surface area contributed by atoms with Crippen LogP contribution in [0.2, 0.25) is 0 Å². The molecule has 2 saturated heterocycles. The summed E-state index contributed by atoms with van der Waals surface area (Å²) in [5.41, 5.74) is 2.76. The first-order valence-electron chi connectivity index (χ1n) is 6.11. The standard InChI is InChI=1S/C14H18O2/c1-9-13(15-9)7-11-3-5-12(6-4-11)8-14-10(2)16-14/h3-6,9-10,13-14H,7-8H2,1-2H3. The molecular formula is C14H18O2. The van der Waals surface area contributed by atoms with Crippen LogP contribution in [0.15, 0.2) is 24.3 Å². The fraction of sp³-hybridized carbons (Fsp3) is 0.571. The van der Waals surface area contributed by atoms with Crippen LogP contribution in [-0.2, 0) is 22.3 Å². The van der Waals surface area contributed by atoms with Gasteiger partial charge in [-0.3, -0.25) is 0 Å². The largest absolute Gasteiger partial charge is 0.370 e. The predicted molar refractivity (Wildman–Crippen MR) is 62.5 cm³/mol. The molecule has 0 aliphatic carbocycles. The van der Waals surface area contributed by atoms with E-state index in [2.05, 4.69) is 38.1 Å². The fourth-order valence-electron chi connectivity index (χ4n) is 2.16. The molecular weight excluding hydrogens is 200 g/mol. The van der Waals surface area contributed by atoms with Crippen LogP contribution in [0.3, 0.4) is 0 Å². The number of rotatable bonds is 4. The van der Waals surface area contributed by atoms with Crippen LogP contribution in [0.5, 0.6) is 0 Å². The second-order valence-electron chi connectivity index (χ2n) is 4.98. The Morgan fingerprint density at radius 3 is 1.38 bits per heavy atom. The van der Waals surface area contributed by atoms with Crippen LogP contribution in [0.4, 0.5) is 0 Å². The molecule has 2 aliphatic heterocycles. The van der Waals surface area contributed by atoms with Crippen LogP contribution in [0, 0.1) is 0 Å². The van der Waals surface area contributed by atoms with Crippen LogP contribution >= 0.6 is 0 Å². The molecule has 0 spiro atoms. The molecule has 2 heterocycles. The second-order valence-corrected chi connectivity index (χ2v) is 4.98. The van der Waals surface area contributed by atoms with E-state index in [1.165, 1.54) is 11.1 Å². The molecule has 1 aromatic rings. The van der Waals surface area contributed by atoms with E-state index in [1.54, 1.807) is 0 Å². The Hall–Kier alpha value is -0.860. The lowest BCUT2D eigenvalue weighted by Crippen LogP contribution is -1.98. The SMILES string of the molecule is CC1OC1Cc1ccc(CC2OC2C)cc1. The number of benzene rings is 1. The van der Waals surface area contributed by atoms with E-state index in [0.29, 0.717) is 24.4 Å². The van der Waals surface area contributed by atoms with Gasteiger partial charge in [0.05, 0.1) is 24.4 Å². The smallest absolute Gasteiger partial charge is 0.0879 e. The first kappa shape index (κ1) is 10.3. The van der Waals surface area contributed by atoms with Crippen molar-refractivity contribution in [3.8, 4) is 0 Å². The lowest BCUT2D eigenvalue weighted by Gasteiger charge is -2.01. The number of ether oxygens (including phenoxy) is 2. The topological polar surface area (TPSA) is 25.1 Å². The Morgan fingerprint density at radius 1 is 0.812 bits per heavy atom. The number of hydrogen-bond donors (Lipinski definition) is 0. The van der Waals surface area contributed by atoms with Crippen molar-refractivity contribution in [1.29, 1.82) is 0 Å². The van der Waals surface area contributed by atoms with Gasteiger partial charge in [0.1, 0.15) is 0 Å².